The van der Waals surface area contributed by atoms with Crippen molar-refractivity contribution in [1.82, 2.24) is 0 Å². The zero-order valence-electron chi connectivity index (χ0n) is 9.89. The molecule has 0 saturated heterocycles. The van der Waals surface area contributed by atoms with E-state index in [1.54, 1.807) is 24.3 Å². The van der Waals surface area contributed by atoms with Crippen LogP contribution in [0.4, 0.5) is 0 Å². The van der Waals surface area contributed by atoms with Crippen molar-refractivity contribution in [1.29, 1.82) is 0 Å². The lowest BCUT2D eigenvalue weighted by Gasteiger charge is -2.15. The average Bonchev–Trinajstić information content (AvgIpc) is 2.46. The molecule has 0 bridgehead atoms. The lowest BCUT2D eigenvalue weighted by Crippen LogP contribution is -2.19. The highest BCUT2D eigenvalue weighted by Crippen LogP contribution is 2.30. The number of rotatable bonds is 4. The Hall–Kier alpha value is -1.02. The van der Waals surface area contributed by atoms with Gasteiger partial charge in [-0.15, -0.1) is 23.2 Å². The molecule has 2 rings (SSSR count). The fourth-order valence-electron chi connectivity index (χ4n) is 1.71. The van der Waals surface area contributed by atoms with Gasteiger partial charge in [0.2, 0.25) is 0 Å². The minimum absolute atomic E-state index is 0.206. The van der Waals surface area contributed by atoms with E-state index in [9.17, 15) is 4.79 Å². The van der Waals surface area contributed by atoms with E-state index >= 15 is 0 Å². The van der Waals surface area contributed by atoms with Crippen molar-refractivity contribution in [2.45, 2.75) is 10.8 Å². The van der Waals surface area contributed by atoms with Crippen LogP contribution in [0.25, 0.3) is 0 Å². The first kappa shape index (κ1) is 14.4. The predicted molar refractivity (Wildman–Crippen MR) is 80.5 cm³/mol. The Kier molecular flexibility index (Phi) is 4.87. The predicted octanol–water partition coefficient (Wildman–Crippen LogP) is 5.11. The smallest absolute Gasteiger partial charge is 0.182 e. The Morgan fingerprint density at radius 3 is 2.05 bits per heavy atom. The Bertz CT molecular complexity index is 551. The number of benzene rings is 2. The number of hydrogen-bond acceptors (Lipinski definition) is 1. The van der Waals surface area contributed by atoms with E-state index in [4.69, 9.17) is 34.8 Å². The van der Waals surface area contributed by atoms with Gasteiger partial charge >= 0.3 is 0 Å². The Morgan fingerprint density at radius 2 is 1.47 bits per heavy atom. The molecule has 4 heteroatoms. The second-order valence-electron chi connectivity index (χ2n) is 4.09. The number of carbonyl (C=O) groups is 1. The molecular weight excluding hydrogens is 303 g/mol. The van der Waals surface area contributed by atoms with Gasteiger partial charge in [-0.25, -0.2) is 0 Å². The van der Waals surface area contributed by atoms with Crippen molar-refractivity contribution < 1.29 is 4.79 Å². The van der Waals surface area contributed by atoms with Gasteiger partial charge in [0.1, 0.15) is 5.38 Å². The molecule has 0 fully saturated rings. The average molecular weight is 314 g/mol. The van der Waals surface area contributed by atoms with Crippen molar-refractivity contribution in [2.75, 3.05) is 0 Å². The maximum absolute atomic E-state index is 12.2. The van der Waals surface area contributed by atoms with E-state index in [-0.39, 0.29) is 5.78 Å². The summed E-state index contributed by atoms with van der Waals surface area (Å²) < 4.78 is 0. The van der Waals surface area contributed by atoms with Crippen LogP contribution in [0.15, 0.2) is 54.6 Å². The van der Waals surface area contributed by atoms with E-state index in [2.05, 4.69) is 0 Å². The van der Waals surface area contributed by atoms with Crippen LogP contribution in [0.2, 0.25) is 5.02 Å². The van der Waals surface area contributed by atoms with Crippen molar-refractivity contribution in [2.24, 2.45) is 0 Å². The lowest BCUT2D eigenvalue weighted by atomic mass is 10.0. The zero-order valence-corrected chi connectivity index (χ0v) is 12.2. The standard InChI is InChI=1S/C15H11Cl3O/c16-12-8-6-11(7-9-12)15(19)14(18)13(17)10-4-2-1-3-5-10/h1-9,13-14H. The van der Waals surface area contributed by atoms with Gasteiger partial charge in [-0.1, -0.05) is 41.9 Å². The molecule has 2 atom stereocenters. The van der Waals surface area contributed by atoms with E-state index in [1.165, 1.54) is 0 Å². The first-order valence-electron chi connectivity index (χ1n) is 5.72. The first-order valence-corrected chi connectivity index (χ1v) is 6.97. The molecule has 0 spiro atoms. The molecule has 0 aromatic heterocycles. The van der Waals surface area contributed by atoms with Gasteiger partial charge in [-0.05, 0) is 29.8 Å². The van der Waals surface area contributed by atoms with Crippen LogP contribution < -0.4 is 0 Å². The molecule has 0 aliphatic rings. The summed E-state index contributed by atoms with van der Waals surface area (Å²) in [4.78, 5) is 12.2. The highest BCUT2D eigenvalue weighted by molar-refractivity contribution is 6.39. The number of carbonyl (C=O) groups excluding carboxylic acids is 1. The first-order chi connectivity index (χ1) is 9.09. The van der Waals surface area contributed by atoms with E-state index in [0.717, 1.165) is 5.56 Å². The Balaban J connectivity index is 2.17. The SMILES string of the molecule is O=C(c1ccc(Cl)cc1)C(Cl)C(Cl)c1ccccc1. The summed E-state index contributed by atoms with van der Waals surface area (Å²) in [7, 11) is 0. The van der Waals surface area contributed by atoms with Crippen molar-refractivity contribution in [3.8, 4) is 0 Å². The molecule has 2 aromatic carbocycles. The van der Waals surface area contributed by atoms with Crippen LogP contribution in [0, 0.1) is 0 Å². The third kappa shape index (κ3) is 3.50. The number of alkyl halides is 2. The summed E-state index contributed by atoms with van der Waals surface area (Å²) in [6.45, 7) is 0. The highest BCUT2D eigenvalue weighted by Gasteiger charge is 2.26. The normalized spacial score (nSPS) is 13.8. The van der Waals surface area contributed by atoms with Gasteiger partial charge < -0.3 is 0 Å². The number of halogens is 3. The molecule has 0 N–H and O–H groups in total. The largest absolute Gasteiger partial charge is 0.292 e. The minimum Gasteiger partial charge on any atom is -0.292 e. The van der Waals surface area contributed by atoms with Crippen molar-refractivity contribution >= 4 is 40.6 Å². The van der Waals surface area contributed by atoms with E-state index in [1.807, 2.05) is 30.3 Å². The quantitative estimate of drug-likeness (QED) is 0.566. The molecule has 98 valence electrons. The molecule has 2 aromatic rings. The summed E-state index contributed by atoms with van der Waals surface area (Å²) in [5.41, 5.74) is 1.33. The summed E-state index contributed by atoms with van der Waals surface area (Å²) in [6, 6.07) is 15.9. The van der Waals surface area contributed by atoms with Crippen molar-refractivity contribution in [3.63, 3.8) is 0 Å². The van der Waals surface area contributed by atoms with E-state index < -0.39 is 10.8 Å². The number of ketones is 1. The van der Waals surface area contributed by atoms with Crippen LogP contribution in [0.3, 0.4) is 0 Å². The molecule has 19 heavy (non-hydrogen) atoms. The number of hydrogen-bond donors (Lipinski definition) is 0. The maximum atomic E-state index is 12.2. The zero-order chi connectivity index (χ0) is 13.8. The van der Waals surface area contributed by atoms with Gasteiger partial charge in [-0.3, -0.25) is 4.79 Å². The monoisotopic (exact) mass is 312 g/mol. The van der Waals surface area contributed by atoms with Gasteiger partial charge in [-0.2, -0.15) is 0 Å². The number of Topliss-reactive ketones (excluding diaryl/α,β-unsaturated/α-hetero) is 1. The summed E-state index contributed by atoms with van der Waals surface area (Å²) in [5, 5.41) is -0.801. The minimum atomic E-state index is -0.815. The van der Waals surface area contributed by atoms with Crippen LogP contribution >= 0.6 is 34.8 Å². The second kappa shape index (κ2) is 6.42. The van der Waals surface area contributed by atoms with Gasteiger partial charge in [0, 0.05) is 10.6 Å². The topological polar surface area (TPSA) is 17.1 Å². The molecule has 0 radical (unpaired) electrons. The van der Waals surface area contributed by atoms with Crippen LogP contribution in [-0.4, -0.2) is 11.2 Å². The summed E-state index contributed by atoms with van der Waals surface area (Å²) in [6.07, 6.45) is 0. The fraction of sp³-hybridized carbons (Fsp3) is 0.133. The van der Waals surface area contributed by atoms with Crippen LogP contribution in [0.1, 0.15) is 21.3 Å². The van der Waals surface area contributed by atoms with Crippen molar-refractivity contribution in [3.05, 3.63) is 70.7 Å². The van der Waals surface area contributed by atoms with Crippen LogP contribution in [0.5, 0.6) is 0 Å². The Morgan fingerprint density at radius 1 is 0.895 bits per heavy atom. The molecular formula is C15H11Cl3O. The maximum Gasteiger partial charge on any atom is 0.182 e. The highest BCUT2D eigenvalue weighted by atomic mass is 35.5. The lowest BCUT2D eigenvalue weighted by molar-refractivity contribution is 0.0985. The molecule has 0 saturated carbocycles. The Labute approximate surface area is 127 Å². The van der Waals surface area contributed by atoms with E-state index in [0.29, 0.717) is 10.6 Å². The molecule has 0 heterocycles. The van der Waals surface area contributed by atoms with Gasteiger partial charge in [0.25, 0.3) is 0 Å². The summed E-state index contributed by atoms with van der Waals surface area (Å²) in [5.74, 6) is -0.206. The second-order valence-corrected chi connectivity index (χ2v) is 5.46. The molecule has 2 unspecified atom stereocenters. The third-order valence-corrected chi connectivity index (χ3v) is 4.09. The molecule has 0 aliphatic heterocycles. The molecule has 0 aliphatic carbocycles. The molecule has 1 nitrogen and oxygen atoms in total. The van der Waals surface area contributed by atoms with Crippen LogP contribution in [-0.2, 0) is 0 Å². The molecule has 0 amide bonds. The van der Waals surface area contributed by atoms with Gasteiger partial charge in [0.15, 0.2) is 5.78 Å². The fourth-order valence-corrected chi connectivity index (χ4v) is 2.37. The summed E-state index contributed by atoms with van der Waals surface area (Å²) >= 11 is 18.2. The third-order valence-electron chi connectivity index (χ3n) is 2.75. The van der Waals surface area contributed by atoms with Gasteiger partial charge in [0.05, 0.1) is 5.38 Å².